The number of nitrogens with one attached hydrogen (secondary N) is 1. The second-order valence-electron chi connectivity index (χ2n) is 7.55. The lowest BCUT2D eigenvalue weighted by molar-refractivity contribution is -0.120. The Hall–Kier alpha value is -3.52. The van der Waals surface area contributed by atoms with Crippen molar-refractivity contribution in [1.29, 1.82) is 0 Å². The Labute approximate surface area is 201 Å². The number of rotatable bonds is 11. The van der Waals surface area contributed by atoms with Crippen LogP contribution in [0.5, 0.6) is 11.5 Å². The minimum atomic E-state index is -3.98. The van der Waals surface area contributed by atoms with E-state index in [0.29, 0.717) is 24.5 Å². The van der Waals surface area contributed by atoms with Crippen molar-refractivity contribution in [2.45, 2.75) is 31.2 Å². The van der Waals surface area contributed by atoms with Crippen molar-refractivity contribution in [1.82, 2.24) is 5.32 Å². The number of ether oxygens (including phenoxy) is 2. The molecule has 3 rings (SSSR count). The van der Waals surface area contributed by atoms with Crippen LogP contribution in [0.3, 0.4) is 0 Å². The number of methoxy groups -OCH3 is 1. The largest absolute Gasteiger partial charge is 0.497 e. The second-order valence-corrected chi connectivity index (χ2v) is 9.42. The van der Waals surface area contributed by atoms with E-state index in [1.165, 1.54) is 12.1 Å². The summed E-state index contributed by atoms with van der Waals surface area (Å²) in [5.41, 5.74) is 1.29. The van der Waals surface area contributed by atoms with Crippen molar-refractivity contribution < 1.29 is 22.7 Å². The van der Waals surface area contributed by atoms with Gasteiger partial charge in [-0.05, 0) is 67.4 Å². The third kappa shape index (κ3) is 6.08. The number of anilines is 1. The molecule has 0 fully saturated rings. The molecule has 0 radical (unpaired) electrons. The number of amides is 1. The molecule has 0 aliphatic heterocycles. The number of sulfonamides is 1. The van der Waals surface area contributed by atoms with Crippen molar-refractivity contribution in [3.05, 3.63) is 84.4 Å². The summed E-state index contributed by atoms with van der Waals surface area (Å²) in [4.78, 5) is 13.2. The zero-order valence-electron chi connectivity index (χ0n) is 19.6. The first-order valence-corrected chi connectivity index (χ1v) is 12.6. The molecule has 0 saturated heterocycles. The molecule has 1 N–H and O–H groups in total. The molecule has 0 heterocycles. The smallest absolute Gasteiger partial charge is 0.264 e. The van der Waals surface area contributed by atoms with E-state index in [4.69, 9.17) is 9.47 Å². The molecule has 34 heavy (non-hydrogen) atoms. The molecule has 0 bridgehead atoms. The number of nitrogens with zero attached hydrogens (tertiary/aromatic N) is 1. The molecule has 0 aliphatic carbocycles. The highest BCUT2D eigenvalue weighted by Crippen LogP contribution is 2.26. The predicted molar refractivity (Wildman–Crippen MR) is 133 cm³/mol. The van der Waals surface area contributed by atoms with Crippen LogP contribution in [-0.4, -0.2) is 34.6 Å². The number of benzene rings is 3. The maximum absolute atomic E-state index is 13.5. The summed E-state index contributed by atoms with van der Waals surface area (Å²) >= 11 is 0. The summed E-state index contributed by atoms with van der Waals surface area (Å²) in [6.45, 7) is 3.97. The van der Waals surface area contributed by atoms with E-state index in [-0.39, 0.29) is 17.5 Å². The van der Waals surface area contributed by atoms with E-state index in [0.717, 1.165) is 15.6 Å². The first kappa shape index (κ1) is 25.1. The van der Waals surface area contributed by atoms with E-state index < -0.39 is 15.9 Å². The minimum Gasteiger partial charge on any atom is -0.497 e. The highest BCUT2D eigenvalue weighted by molar-refractivity contribution is 7.92. The molecule has 1 unspecified atom stereocenters. The van der Waals surface area contributed by atoms with Crippen molar-refractivity contribution in [3.63, 3.8) is 0 Å². The monoisotopic (exact) mass is 482 g/mol. The van der Waals surface area contributed by atoms with Crippen molar-refractivity contribution >= 4 is 21.6 Å². The van der Waals surface area contributed by atoms with Crippen LogP contribution in [0.1, 0.15) is 31.9 Å². The Morgan fingerprint density at radius 1 is 0.912 bits per heavy atom. The number of hydrogen-bond donors (Lipinski definition) is 1. The van der Waals surface area contributed by atoms with Gasteiger partial charge < -0.3 is 14.8 Å². The zero-order chi connectivity index (χ0) is 24.6. The fourth-order valence-corrected chi connectivity index (χ4v) is 4.98. The van der Waals surface area contributed by atoms with Gasteiger partial charge in [0.05, 0.1) is 30.3 Å². The highest BCUT2D eigenvalue weighted by Gasteiger charge is 2.28. The quantitative estimate of drug-likeness (QED) is 0.433. The SMILES string of the molecule is CCOc1ccc(N(CC(=O)NC(CC)c2ccc(OC)cc2)S(=O)(=O)c2ccccc2)cc1. The molecule has 0 saturated carbocycles. The standard InChI is InChI=1S/C26H30N2O5S/c1-4-25(20-11-15-22(32-3)16-12-20)27-26(29)19-28(21-13-17-23(18-14-21)33-5-2)34(30,31)24-9-7-6-8-10-24/h6-18,25H,4-5,19H2,1-3H3,(H,27,29). The van der Waals surface area contributed by atoms with Crippen LogP contribution < -0.4 is 19.1 Å². The van der Waals surface area contributed by atoms with Gasteiger partial charge >= 0.3 is 0 Å². The molecular weight excluding hydrogens is 452 g/mol. The van der Waals surface area contributed by atoms with Crippen LogP contribution in [0, 0.1) is 0 Å². The number of carbonyl (C=O) groups excluding carboxylic acids is 1. The topological polar surface area (TPSA) is 84.9 Å². The summed E-state index contributed by atoms with van der Waals surface area (Å²) in [6.07, 6.45) is 0.645. The first-order chi connectivity index (χ1) is 16.4. The predicted octanol–water partition coefficient (Wildman–Crippen LogP) is 4.56. The second kappa shape index (κ2) is 11.6. The van der Waals surface area contributed by atoms with Gasteiger partial charge in [-0.15, -0.1) is 0 Å². The molecule has 0 spiro atoms. The first-order valence-electron chi connectivity index (χ1n) is 11.1. The average Bonchev–Trinajstić information content (AvgIpc) is 2.87. The Bertz CT molecular complexity index is 1160. The van der Waals surface area contributed by atoms with Crippen LogP contribution >= 0.6 is 0 Å². The van der Waals surface area contributed by atoms with Gasteiger partial charge in [0.25, 0.3) is 10.0 Å². The molecule has 1 atom stereocenters. The van der Waals surface area contributed by atoms with Gasteiger partial charge in [0.1, 0.15) is 18.0 Å². The third-order valence-electron chi connectivity index (χ3n) is 5.32. The van der Waals surface area contributed by atoms with Gasteiger partial charge in [0.2, 0.25) is 5.91 Å². The Morgan fingerprint density at radius 3 is 2.09 bits per heavy atom. The van der Waals surface area contributed by atoms with E-state index >= 15 is 0 Å². The van der Waals surface area contributed by atoms with Gasteiger partial charge in [0, 0.05) is 0 Å². The Balaban J connectivity index is 1.87. The van der Waals surface area contributed by atoms with Crippen LogP contribution in [-0.2, 0) is 14.8 Å². The van der Waals surface area contributed by atoms with Gasteiger partial charge in [-0.2, -0.15) is 0 Å². The van der Waals surface area contributed by atoms with Crippen LogP contribution in [0.15, 0.2) is 83.8 Å². The Morgan fingerprint density at radius 2 is 1.53 bits per heavy atom. The van der Waals surface area contributed by atoms with Crippen molar-refractivity contribution in [2.75, 3.05) is 24.6 Å². The zero-order valence-corrected chi connectivity index (χ0v) is 20.4. The van der Waals surface area contributed by atoms with Gasteiger partial charge in [0.15, 0.2) is 0 Å². The number of carbonyl (C=O) groups is 1. The van der Waals surface area contributed by atoms with E-state index in [1.54, 1.807) is 49.6 Å². The normalized spacial score (nSPS) is 12.0. The molecular formula is C26H30N2O5S. The molecule has 7 nitrogen and oxygen atoms in total. The average molecular weight is 483 g/mol. The lowest BCUT2D eigenvalue weighted by Crippen LogP contribution is -2.42. The molecule has 0 aromatic heterocycles. The maximum atomic E-state index is 13.5. The molecule has 1 amide bonds. The van der Waals surface area contributed by atoms with Crippen LogP contribution in [0.2, 0.25) is 0 Å². The summed E-state index contributed by atoms with van der Waals surface area (Å²) in [7, 11) is -2.38. The summed E-state index contributed by atoms with van der Waals surface area (Å²) in [5.74, 6) is 0.940. The van der Waals surface area contributed by atoms with E-state index in [1.807, 2.05) is 38.1 Å². The van der Waals surface area contributed by atoms with Crippen LogP contribution in [0.25, 0.3) is 0 Å². The van der Waals surface area contributed by atoms with Gasteiger partial charge in [-0.1, -0.05) is 37.3 Å². The minimum absolute atomic E-state index is 0.110. The fourth-order valence-electron chi connectivity index (χ4n) is 3.54. The molecule has 3 aromatic rings. The molecule has 0 aliphatic rings. The van der Waals surface area contributed by atoms with Gasteiger partial charge in [-0.3, -0.25) is 9.10 Å². The lowest BCUT2D eigenvalue weighted by atomic mass is 10.0. The summed E-state index contributed by atoms with van der Waals surface area (Å²) in [5, 5.41) is 2.97. The van der Waals surface area contributed by atoms with Crippen molar-refractivity contribution in [3.8, 4) is 11.5 Å². The molecule has 3 aromatic carbocycles. The van der Waals surface area contributed by atoms with Gasteiger partial charge in [-0.25, -0.2) is 8.42 Å². The third-order valence-corrected chi connectivity index (χ3v) is 7.10. The fraction of sp³-hybridized carbons (Fsp3) is 0.269. The van der Waals surface area contributed by atoms with Crippen LogP contribution in [0.4, 0.5) is 5.69 Å². The van der Waals surface area contributed by atoms with E-state index in [9.17, 15) is 13.2 Å². The highest BCUT2D eigenvalue weighted by atomic mass is 32.2. The number of hydrogen-bond acceptors (Lipinski definition) is 5. The van der Waals surface area contributed by atoms with Crippen molar-refractivity contribution in [2.24, 2.45) is 0 Å². The van der Waals surface area contributed by atoms with E-state index in [2.05, 4.69) is 5.32 Å². The molecule has 8 heteroatoms. The lowest BCUT2D eigenvalue weighted by Gasteiger charge is -2.26. The maximum Gasteiger partial charge on any atom is 0.264 e. The summed E-state index contributed by atoms with van der Waals surface area (Å²) in [6, 6.07) is 21.9. The molecule has 180 valence electrons. The Kier molecular flexibility index (Phi) is 8.54. The summed E-state index contributed by atoms with van der Waals surface area (Å²) < 4.78 is 38.7.